The molecule has 5 heteroatoms. The average Bonchev–Trinajstić information content (AvgIpc) is 2.92. The molecule has 3 rings (SSSR count). The van der Waals surface area contributed by atoms with Crippen molar-refractivity contribution in [2.24, 2.45) is 0 Å². The molecule has 116 valence electrons. The van der Waals surface area contributed by atoms with Gasteiger partial charge in [-0.3, -0.25) is 4.98 Å². The van der Waals surface area contributed by atoms with Crippen molar-refractivity contribution >= 4 is 17.3 Å². The minimum atomic E-state index is -0.535. The maximum atomic E-state index is 12.6. The first-order valence-electron chi connectivity index (χ1n) is 7.26. The summed E-state index contributed by atoms with van der Waals surface area (Å²) in [7, 11) is 0. The second kappa shape index (κ2) is 6.71. The van der Waals surface area contributed by atoms with Gasteiger partial charge in [-0.15, -0.1) is 11.3 Å². The molecule has 0 bridgehead atoms. The lowest BCUT2D eigenvalue weighted by molar-refractivity contribution is 0.0375. The first kappa shape index (κ1) is 15.4. The predicted molar refractivity (Wildman–Crippen MR) is 89.5 cm³/mol. The summed E-state index contributed by atoms with van der Waals surface area (Å²) < 4.78 is 5.77. The van der Waals surface area contributed by atoms with Gasteiger partial charge in [-0.1, -0.05) is 36.4 Å². The van der Waals surface area contributed by atoms with Crippen molar-refractivity contribution in [3.05, 3.63) is 81.6 Å². The van der Waals surface area contributed by atoms with Crippen molar-refractivity contribution in [2.45, 2.75) is 20.0 Å². The van der Waals surface area contributed by atoms with Crippen molar-refractivity contribution in [3.63, 3.8) is 0 Å². The van der Waals surface area contributed by atoms with Crippen LogP contribution in [0.15, 0.2) is 54.7 Å². The van der Waals surface area contributed by atoms with E-state index >= 15 is 0 Å². The molecule has 0 fully saturated rings. The fourth-order valence-electron chi connectivity index (χ4n) is 2.34. The number of carbonyl (C=O) groups excluding carboxylic acids is 1. The molecular formula is C18H16N2O2S. The number of thiazole rings is 1. The van der Waals surface area contributed by atoms with Gasteiger partial charge in [0.1, 0.15) is 4.88 Å². The Morgan fingerprint density at radius 2 is 1.83 bits per heavy atom. The number of aryl methyl sites for hydroxylation is 2. The van der Waals surface area contributed by atoms with Crippen LogP contribution in [-0.4, -0.2) is 15.9 Å². The zero-order chi connectivity index (χ0) is 16.2. The predicted octanol–water partition coefficient (Wildman–Crippen LogP) is 4.10. The van der Waals surface area contributed by atoms with Crippen LogP contribution in [0.5, 0.6) is 0 Å². The quantitative estimate of drug-likeness (QED) is 0.678. The lowest BCUT2D eigenvalue weighted by Crippen LogP contribution is -2.14. The highest BCUT2D eigenvalue weighted by Crippen LogP contribution is 2.27. The molecule has 0 saturated heterocycles. The summed E-state index contributed by atoms with van der Waals surface area (Å²) in [6.45, 7) is 3.69. The van der Waals surface area contributed by atoms with E-state index in [1.165, 1.54) is 11.3 Å². The Hall–Kier alpha value is -2.53. The fourth-order valence-corrected chi connectivity index (χ4v) is 3.14. The smallest absolute Gasteiger partial charge is 0.351 e. The van der Waals surface area contributed by atoms with Crippen LogP contribution in [0.3, 0.4) is 0 Å². The molecule has 1 aromatic carbocycles. The molecule has 2 aromatic heterocycles. The van der Waals surface area contributed by atoms with Crippen molar-refractivity contribution in [2.75, 3.05) is 0 Å². The lowest BCUT2D eigenvalue weighted by atomic mass is 10.1. The molecule has 0 aliphatic rings. The van der Waals surface area contributed by atoms with Gasteiger partial charge in [0, 0.05) is 6.20 Å². The molecule has 3 aromatic rings. The SMILES string of the molecule is Cc1nc(C)c(C(=O)OC(c2ccccc2)c2ccccn2)s1. The standard InChI is InChI=1S/C18H16N2O2S/c1-12-17(23-13(2)20-12)18(21)22-16(14-8-4-3-5-9-14)15-10-6-7-11-19-15/h3-11,16H,1-2H3. The van der Waals surface area contributed by atoms with Crippen LogP contribution in [0.4, 0.5) is 0 Å². The van der Waals surface area contributed by atoms with Crippen molar-refractivity contribution in [1.29, 1.82) is 0 Å². The Labute approximate surface area is 138 Å². The number of nitrogens with zero attached hydrogens (tertiary/aromatic N) is 2. The Balaban J connectivity index is 1.93. The van der Waals surface area contributed by atoms with Gasteiger partial charge in [-0.25, -0.2) is 9.78 Å². The third-order valence-corrected chi connectivity index (χ3v) is 4.43. The molecule has 0 amide bonds. The van der Waals surface area contributed by atoms with Crippen LogP contribution in [0.25, 0.3) is 0 Å². The molecular weight excluding hydrogens is 308 g/mol. The van der Waals surface area contributed by atoms with Crippen molar-refractivity contribution in [3.8, 4) is 0 Å². The second-order valence-corrected chi connectivity index (χ2v) is 6.30. The van der Waals surface area contributed by atoms with E-state index in [9.17, 15) is 4.79 Å². The highest BCUT2D eigenvalue weighted by atomic mass is 32.1. The maximum absolute atomic E-state index is 12.6. The summed E-state index contributed by atoms with van der Waals surface area (Å²) in [5.41, 5.74) is 2.29. The van der Waals surface area contributed by atoms with Gasteiger partial charge < -0.3 is 4.74 Å². The van der Waals surface area contributed by atoms with Gasteiger partial charge in [0.2, 0.25) is 0 Å². The third-order valence-electron chi connectivity index (χ3n) is 3.37. The molecule has 1 unspecified atom stereocenters. The van der Waals surface area contributed by atoms with Crippen LogP contribution in [0, 0.1) is 13.8 Å². The summed E-state index contributed by atoms with van der Waals surface area (Å²) in [5, 5.41) is 0.851. The third kappa shape index (κ3) is 3.46. The second-order valence-electron chi connectivity index (χ2n) is 5.10. The number of hydrogen-bond donors (Lipinski definition) is 0. The van der Waals surface area contributed by atoms with E-state index in [0.717, 1.165) is 10.6 Å². The van der Waals surface area contributed by atoms with Gasteiger partial charge in [0.15, 0.2) is 6.10 Å². The van der Waals surface area contributed by atoms with E-state index in [1.807, 2.05) is 62.4 Å². The minimum Gasteiger partial charge on any atom is -0.447 e. The van der Waals surface area contributed by atoms with E-state index in [4.69, 9.17) is 4.74 Å². The van der Waals surface area contributed by atoms with Crippen LogP contribution in [0.1, 0.15) is 37.7 Å². The molecule has 2 heterocycles. The molecule has 4 nitrogen and oxygen atoms in total. The van der Waals surface area contributed by atoms with Crippen LogP contribution in [0.2, 0.25) is 0 Å². The summed E-state index contributed by atoms with van der Waals surface area (Å²) >= 11 is 1.35. The van der Waals surface area contributed by atoms with Crippen LogP contribution < -0.4 is 0 Å². The molecule has 0 radical (unpaired) electrons. The number of hydrogen-bond acceptors (Lipinski definition) is 5. The van der Waals surface area contributed by atoms with Crippen molar-refractivity contribution in [1.82, 2.24) is 9.97 Å². The minimum absolute atomic E-state index is 0.368. The summed E-state index contributed by atoms with van der Waals surface area (Å²) in [4.78, 5) is 21.7. The largest absolute Gasteiger partial charge is 0.447 e. The topological polar surface area (TPSA) is 52.1 Å². The van der Waals surface area contributed by atoms with E-state index in [0.29, 0.717) is 16.3 Å². The maximum Gasteiger partial charge on any atom is 0.351 e. The zero-order valence-electron chi connectivity index (χ0n) is 12.9. The normalized spacial score (nSPS) is 11.9. The van der Waals surface area contributed by atoms with Gasteiger partial charge in [0.25, 0.3) is 0 Å². The molecule has 23 heavy (non-hydrogen) atoms. The fraction of sp³-hybridized carbons (Fsp3) is 0.167. The molecule has 0 spiro atoms. The van der Waals surface area contributed by atoms with Gasteiger partial charge >= 0.3 is 5.97 Å². The first-order chi connectivity index (χ1) is 11.1. The number of carbonyl (C=O) groups is 1. The number of aromatic nitrogens is 2. The Morgan fingerprint density at radius 3 is 2.43 bits per heavy atom. The van der Waals surface area contributed by atoms with E-state index in [1.54, 1.807) is 6.20 Å². The van der Waals surface area contributed by atoms with E-state index in [2.05, 4.69) is 9.97 Å². The molecule has 0 N–H and O–H groups in total. The average molecular weight is 324 g/mol. The van der Waals surface area contributed by atoms with Crippen LogP contribution >= 0.6 is 11.3 Å². The lowest BCUT2D eigenvalue weighted by Gasteiger charge is -2.17. The van der Waals surface area contributed by atoms with Crippen molar-refractivity contribution < 1.29 is 9.53 Å². The van der Waals surface area contributed by atoms with Gasteiger partial charge in [0.05, 0.1) is 16.4 Å². The monoisotopic (exact) mass is 324 g/mol. The van der Waals surface area contributed by atoms with Gasteiger partial charge in [-0.2, -0.15) is 0 Å². The van der Waals surface area contributed by atoms with Gasteiger partial charge in [-0.05, 0) is 31.5 Å². The summed E-state index contributed by atoms with van der Waals surface area (Å²) in [6.07, 6.45) is 1.16. The van der Waals surface area contributed by atoms with E-state index in [-0.39, 0.29) is 5.97 Å². The first-order valence-corrected chi connectivity index (χ1v) is 8.07. The number of ether oxygens (including phenoxy) is 1. The van der Waals surface area contributed by atoms with Crippen LogP contribution in [-0.2, 0) is 4.74 Å². The molecule has 0 aliphatic carbocycles. The summed E-state index contributed by atoms with van der Waals surface area (Å²) in [5.74, 6) is -0.368. The number of benzene rings is 1. The Kier molecular flexibility index (Phi) is 4.48. The number of pyridine rings is 1. The Bertz CT molecular complexity index is 761. The summed E-state index contributed by atoms with van der Waals surface area (Å²) in [6, 6.07) is 15.2. The Morgan fingerprint density at radius 1 is 1.09 bits per heavy atom. The number of rotatable bonds is 4. The molecule has 1 atom stereocenters. The highest BCUT2D eigenvalue weighted by molar-refractivity contribution is 7.13. The zero-order valence-corrected chi connectivity index (χ0v) is 13.7. The molecule has 0 aliphatic heterocycles. The van der Waals surface area contributed by atoms with E-state index < -0.39 is 6.10 Å². The highest BCUT2D eigenvalue weighted by Gasteiger charge is 2.23. The number of esters is 1. The molecule has 0 saturated carbocycles.